The second-order valence-electron chi connectivity index (χ2n) is 6.08. The predicted molar refractivity (Wildman–Crippen MR) is 92.9 cm³/mol. The van der Waals surface area contributed by atoms with Crippen molar-refractivity contribution in [3.05, 3.63) is 35.4 Å². The number of hydrazone groups is 1. The van der Waals surface area contributed by atoms with Crippen LogP contribution in [0.1, 0.15) is 23.7 Å². The molecule has 2 aliphatic heterocycles. The Balaban J connectivity index is 1.59. The first-order valence-corrected chi connectivity index (χ1v) is 8.33. The summed E-state index contributed by atoms with van der Waals surface area (Å²) in [6.07, 6.45) is 7.26. The zero-order valence-corrected chi connectivity index (χ0v) is 14.1. The molecule has 0 radical (unpaired) electrons. The molecular weight excluding hydrogens is 318 g/mol. The first-order chi connectivity index (χ1) is 12.3. The van der Waals surface area contributed by atoms with Crippen LogP contribution in [0.2, 0.25) is 0 Å². The van der Waals surface area contributed by atoms with Crippen molar-refractivity contribution in [2.45, 2.75) is 6.92 Å². The molecule has 0 unspecified atom stereocenters. The summed E-state index contributed by atoms with van der Waals surface area (Å²) in [5.74, 6) is 0. The molecule has 4 heterocycles. The van der Waals surface area contributed by atoms with Gasteiger partial charge in [-0.15, -0.1) is 0 Å². The topological polar surface area (TPSA) is 82.0 Å². The van der Waals surface area contributed by atoms with Gasteiger partial charge in [-0.25, -0.2) is 9.50 Å². The lowest BCUT2D eigenvalue weighted by Crippen LogP contribution is -2.39. The summed E-state index contributed by atoms with van der Waals surface area (Å²) in [6, 6.07) is 2.12. The van der Waals surface area contributed by atoms with E-state index in [1.807, 2.05) is 24.2 Å². The summed E-state index contributed by atoms with van der Waals surface area (Å²) in [5, 5.41) is 20.1. The molecule has 0 bridgehead atoms. The smallest absolute Gasteiger partial charge is 0.173 e. The van der Waals surface area contributed by atoms with E-state index in [4.69, 9.17) is 15.1 Å². The molecule has 8 nitrogen and oxygen atoms in total. The summed E-state index contributed by atoms with van der Waals surface area (Å²) in [7, 11) is 0. The Morgan fingerprint density at radius 1 is 1.24 bits per heavy atom. The number of hydrogen-bond acceptors (Lipinski definition) is 7. The van der Waals surface area contributed by atoms with Crippen LogP contribution in [0.4, 0.5) is 0 Å². The third-order valence-corrected chi connectivity index (χ3v) is 4.51. The highest BCUT2D eigenvalue weighted by Gasteiger charge is 2.17. The number of hydrogen-bond donors (Lipinski definition) is 0. The fourth-order valence-corrected chi connectivity index (χ4v) is 3.10. The van der Waals surface area contributed by atoms with E-state index in [1.165, 1.54) is 0 Å². The Morgan fingerprint density at radius 2 is 2.08 bits per heavy atom. The van der Waals surface area contributed by atoms with Gasteiger partial charge in [0.2, 0.25) is 0 Å². The molecule has 0 aliphatic carbocycles. The van der Waals surface area contributed by atoms with Crippen molar-refractivity contribution in [3.63, 3.8) is 0 Å². The van der Waals surface area contributed by atoms with Crippen molar-refractivity contribution in [2.24, 2.45) is 5.10 Å². The first kappa shape index (κ1) is 15.7. The summed E-state index contributed by atoms with van der Waals surface area (Å²) in [5.41, 5.74) is 3.73. The summed E-state index contributed by atoms with van der Waals surface area (Å²) in [4.78, 5) is 6.77. The van der Waals surface area contributed by atoms with E-state index in [0.29, 0.717) is 11.2 Å². The van der Waals surface area contributed by atoms with Gasteiger partial charge in [-0.1, -0.05) is 0 Å². The Labute approximate surface area is 145 Å². The fraction of sp³-hybridized carbons (Fsp3) is 0.412. The molecule has 0 N–H and O–H groups in total. The Kier molecular flexibility index (Phi) is 4.17. The minimum Gasteiger partial charge on any atom is -0.379 e. The highest BCUT2D eigenvalue weighted by atomic mass is 16.5. The van der Waals surface area contributed by atoms with Crippen LogP contribution in [0.15, 0.2) is 23.7 Å². The zero-order chi connectivity index (χ0) is 17.2. The van der Waals surface area contributed by atoms with Crippen LogP contribution in [-0.2, 0) is 4.74 Å². The van der Waals surface area contributed by atoms with E-state index in [2.05, 4.69) is 21.1 Å². The van der Waals surface area contributed by atoms with Gasteiger partial charge in [0.1, 0.15) is 11.6 Å². The molecule has 0 atom stereocenters. The van der Waals surface area contributed by atoms with Gasteiger partial charge in [-0.05, 0) is 13.0 Å². The number of morpholine rings is 1. The molecule has 1 saturated heterocycles. The molecule has 0 spiro atoms. The third-order valence-electron chi connectivity index (χ3n) is 4.51. The van der Waals surface area contributed by atoms with Crippen LogP contribution in [0, 0.1) is 11.3 Å². The Morgan fingerprint density at radius 3 is 2.88 bits per heavy atom. The molecular formula is C17H19N7O. The number of fused-ring (bicyclic) bond motifs is 3. The number of nitrogens with zero attached hydrogens (tertiary/aromatic N) is 7. The first-order valence-electron chi connectivity index (χ1n) is 8.33. The van der Waals surface area contributed by atoms with Gasteiger partial charge in [0, 0.05) is 37.6 Å². The van der Waals surface area contributed by atoms with E-state index in [9.17, 15) is 0 Å². The standard InChI is InChI=1S/C17H19N7O/c1-13-15-12-19-17-14(10-18)11-20-24(17)16(15)2-3-23(21-13)5-4-22-6-8-25-9-7-22/h2-3,11-12H,4-9H2,1H3. The van der Waals surface area contributed by atoms with E-state index < -0.39 is 0 Å². The maximum atomic E-state index is 9.17. The number of ether oxygens (including phenoxy) is 1. The summed E-state index contributed by atoms with van der Waals surface area (Å²) < 4.78 is 7.09. The predicted octanol–water partition coefficient (Wildman–Crippen LogP) is 0.943. The largest absolute Gasteiger partial charge is 0.379 e. The molecule has 0 aromatic carbocycles. The minimum absolute atomic E-state index is 0.471. The molecule has 25 heavy (non-hydrogen) atoms. The lowest BCUT2D eigenvalue weighted by atomic mass is 10.1. The molecule has 128 valence electrons. The molecule has 2 aromatic rings. The van der Waals surface area contributed by atoms with Crippen LogP contribution >= 0.6 is 0 Å². The van der Waals surface area contributed by atoms with Gasteiger partial charge in [-0.3, -0.25) is 9.91 Å². The van der Waals surface area contributed by atoms with E-state index >= 15 is 0 Å². The lowest BCUT2D eigenvalue weighted by molar-refractivity contribution is 0.0354. The average molecular weight is 337 g/mol. The van der Waals surface area contributed by atoms with Crippen molar-refractivity contribution >= 4 is 17.4 Å². The van der Waals surface area contributed by atoms with Crippen molar-refractivity contribution in [1.82, 2.24) is 24.5 Å². The van der Waals surface area contributed by atoms with Crippen molar-refractivity contribution < 1.29 is 4.74 Å². The quantitative estimate of drug-likeness (QED) is 0.829. The molecule has 2 aliphatic rings. The van der Waals surface area contributed by atoms with Crippen LogP contribution in [0.25, 0.3) is 11.7 Å². The van der Waals surface area contributed by atoms with Crippen LogP contribution in [0.3, 0.4) is 0 Å². The number of nitriles is 1. The molecule has 0 saturated carbocycles. The van der Waals surface area contributed by atoms with Crippen molar-refractivity contribution in [1.29, 1.82) is 5.26 Å². The Hall–Kier alpha value is -2.76. The fourth-order valence-electron chi connectivity index (χ4n) is 3.10. The van der Waals surface area contributed by atoms with Crippen LogP contribution in [0.5, 0.6) is 0 Å². The maximum absolute atomic E-state index is 9.17. The van der Waals surface area contributed by atoms with Crippen LogP contribution < -0.4 is 0 Å². The molecule has 0 amide bonds. The summed E-state index contributed by atoms with van der Waals surface area (Å²) in [6.45, 7) is 7.25. The highest BCUT2D eigenvalue weighted by molar-refractivity contribution is 6.01. The average Bonchev–Trinajstić information content (AvgIpc) is 3.00. The second kappa shape index (κ2) is 6.63. The van der Waals surface area contributed by atoms with Gasteiger partial charge < -0.3 is 4.74 Å². The SMILES string of the molecule is CC1=NN(CCN2CCOCC2)C=Cc2c1cnc1c(C#N)cnn21. The molecule has 1 fully saturated rings. The highest BCUT2D eigenvalue weighted by Crippen LogP contribution is 2.19. The van der Waals surface area contributed by atoms with Gasteiger partial charge in [0.15, 0.2) is 5.65 Å². The minimum atomic E-state index is 0.471. The van der Waals surface area contributed by atoms with Gasteiger partial charge in [0.05, 0.1) is 37.4 Å². The van der Waals surface area contributed by atoms with E-state index in [1.54, 1.807) is 16.9 Å². The third kappa shape index (κ3) is 2.99. The van der Waals surface area contributed by atoms with Crippen molar-refractivity contribution in [3.8, 4) is 6.07 Å². The monoisotopic (exact) mass is 337 g/mol. The van der Waals surface area contributed by atoms with Gasteiger partial charge >= 0.3 is 0 Å². The lowest BCUT2D eigenvalue weighted by Gasteiger charge is -2.28. The van der Waals surface area contributed by atoms with Gasteiger partial charge in [-0.2, -0.15) is 15.5 Å². The maximum Gasteiger partial charge on any atom is 0.173 e. The van der Waals surface area contributed by atoms with Gasteiger partial charge in [0.25, 0.3) is 0 Å². The summed E-state index contributed by atoms with van der Waals surface area (Å²) >= 11 is 0. The molecule has 2 aromatic heterocycles. The zero-order valence-electron chi connectivity index (χ0n) is 14.1. The second-order valence-corrected chi connectivity index (χ2v) is 6.08. The normalized spacial score (nSPS) is 17.9. The van der Waals surface area contributed by atoms with Crippen molar-refractivity contribution in [2.75, 3.05) is 39.4 Å². The number of aromatic nitrogens is 3. The molecule has 4 rings (SSSR count). The van der Waals surface area contributed by atoms with Crippen LogP contribution in [-0.4, -0.2) is 69.6 Å². The Bertz CT molecular complexity index is 886. The number of rotatable bonds is 3. The molecule has 8 heteroatoms. The van der Waals surface area contributed by atoms with E-state index in [0.717, 1.165) is 56.4 Å². The van der Waals surface area contributed by atoms with E-state index in [-0.39, 0.29) is 0 Å².